The minimum absolute atomic E-state index is 0.00773. The minimum atomic E-state index is -4.04. The van der Waals surface area contributed by atoms with Gasteiger partial charge in [-0.05, 0) is 18.2 Å². The van der Waals surface area contributed by atoms with Gasteiger partial charge in [0.1, 0.15) is 16.5 Å². The van der Waals surface area contributed by atoms with Crippen LogP contribution in [-0.2, 0) is 9.05 Å². The summed E-state index contributed by atoms with van der Waals surface area (Å²) in [5, 5.41) is 0. The lowest BCUT2D eigenvalue weighted by molar-refractivity contribution is 0.318. The van der Waals surface area contributed by atoms with E-state index in [0.29, 0.717) is 6.42 Å². The second-order valence-corrected chi connectivity index (χ2v) is 5.37. The van der Waals surface area contributed by atoms with Crippen LogP contribution in [0.3, 0.4) is 0 Å². The van der Waals surface area contributed by atoms with E-state index >= 15 is 0 Å². The second kappa shape index (κ2) is 5.19. The summed E-state index contributed by atoms with van der Waals surface area (Å²) in [5.74, 6) is 1.61. The van der Waals surface area contributed by atoms with Gasteiger partial charge in [0.05, 0.1) is 6.61 Å². The molecule has 1 aromatic rings. The van der Waals surface area contributed by atoms with E-state index in [9.17, 15) is 12.8 Å². The van der Waals surface area contributed by atoms with E-state index in [4.69, 9.17) is 21.8 Å². The Hall–Kier alpha value is -1.25. The Bertz CT molecular complexity index is 519. The molecule has 16 heavy (non-hydrogen) atoms. The van der Waals surface area contributed by atoms with E-state index in [1.165, 1.54) is 6.07 Å². The molecule has 0 aliphatic heterocycles. The van der Waals surface area contributed by atoms with Crippen molar-refractivity contribution in [2.45, 2.75) is 11.3 Å². The number of ether oxygens (including phenoxy) is 1. The summed E-state index contributed by atoms with van der Waals surface area (Å²) in [4.78, 5) is -0.397. The topological polar surface area (TPSA) is 43.4 Å². The maximum Gasteiger partial charge on any atom is 0.265 e. The zero-order valence-corrected chi connectivity index (χ0v) is 9.68. The first-order valence-electron chi connectivity index (χ1n) is 4.25. The van der Waals surface area contributed by atoms with Crippen molar-refractivity contribution < 1.29 is 17.5 Å². The molecule has 0 spiro atoms. The maximum absolute atomic E-state index is 12.9. The molecule has 0 bridgehead atoms. The van der Waals surface area contributed by atoms with Gasteiger partial charge in [0, 0.05) is 17.1 Å². The fourth-order valence-corrected chi connectivity index (χ4v) is 1.99. The average Bonchev–Trinajstić information content (AvgIpc) is 2.19. The predicted molar refractivity (Wildman–Crippen MR) is 58.4 cm³/mol. The second-order valence-electron chi connectivity index (χ2n) is 2.83. The Labute approximate surface area is 97.6 Å². The smallest absolute Gasteiger partial charge is 0.265 e. The van der Waals surface area contributed by atoms with Crippen LogP contribution in [0, 0.1) is 18.2 Å². The Balaban J connectivity index is 3.05. The van der Waals surface area contributed by atoms with Gasteiger partial charge < -0.3 is 4.74 Å². The molecule has 6 heteroatoms. The maximum atomic E-state index is 12.9. The quantitative estimate of drug-likeness (QED) is 0.474. The van der Waals surface area contributed by atoms with E-state index in [0.717, 1.165) is 12.1 Å². The third-order valence-electron chi connectivity index (χ3n) is 1.67. The van der Waals surface area contributed by atoms with Crippen LogP contribution in [0.5, 0.6) is 5.75 Å². The molecule has 1 rings (SSSR count). The van der Waals surface area contributed by atoms with E-state index in [1.54, 1.807) is 0 Å². The SMILES string of the molecule is C#CCCOc1ccc(F)cc1S(=O)(=O)Cl. The highest BCUT2D eigenvalue weighted by Gasteiger charge is 2.17. The van der Waals surface area contributed by atoms with Gasteiger partial charge in [-0.2, -0.15) is 0 Å². The molecule has 0 radical (unpaired) electrons. The van der Waals surface area contributed by atoms with E-state index in [2.05, 4.69) is 5.92 Å². The van der Waals surface area contributed by atoms with Crippen molar-refractivity contribution in [1.82, 2.24) is 0 Å². The molecule has 0 atom stereocenters. The molecule has 86 valence electrons. The van der Waals surface area contributed by atoms with Gasteiger partial charge in [0.2, 0.25) is 0 Å². The molecule has 0 saturated heterocycles. The van der Waals surface area contributed by atoms with E-state index < -0.39 is 19.8 Å². The first-order valence-corrected chi connectivity index (χ1v) is 6.56. The van der Waals surface area contributed by atoms with Crippen LogP contribution in [0.15, 0.2) is 23.1 Å². The molecule has 0 fully saturated rings. The summed E-state index contributed by atoms with van der Waals surface area (Å²) in [6.07, 6.45) is 5.32. The largest absolute Gasteiger partial charge is 0.491 e. The van der Waals surface area contributed by atoms with Crippen molar-refractivity contribution in [1.29, 1.82) is 0 Å². The molecule has 0 unspecified atom stereocenters. The molecule has 0 amide bonds. The lowest BCUT2D eigenvalue weighted by Crippen LogP contribution is -2.02. The van der Waals surface area contributed by atoms with E-state index in [-0.39, 0.29) is 12.4 Å². The normalized spacial score (nSPS) is 10.8. The van der Waals surface area contributed by atoms with Gasteiger partial charge in [-0.1, -0.05) is 0 Å². The number of terminal acetylenes is 1. The molecule has 0 aliphatic rings. The Morgan fingerprint density at radius 2 is 2.19 bits per heavy atom. The van der Waals surface area contributed by atoms with Gasteiger partial charge in [-0.25, -0.2) is 12.8 Å². The number of hydrogen-bond acceptors (Lipinski definition) is 3. The van der Waals surface area contributed by atoms with Crippen molar-refractivity contribution in [3.8, 4) is 18.1 Å². The summed E-state index contributed by atoms with van der Waals surface area (Å²) in [6.45, 7) is 0.140. The highest BCUT2D eigenvalue weighted by molar-refractivity contribution is 8.13. The van der Waals surface area contributed by atoms with Crippen LogP contribution < -0.4 is 4.74 Å². The zero-order valence-electron chi connectivity index (χ0n) is 8.11. The van der Waals surface area contributed by atoms with Crippen LogP contribution in [-0.4, -0.2) is 15.0 Å². The van der Waals surface area contributed by atoms with Gasteiger partial charge in [-0.15, -0.1) is 12.3 Å². The molecule has 0 heterocycles. The fourth-order valence-electron chi connectivity index (χ4n) is 1.01. The van der Waals surface area contributed by atoms with Crippen molar-refractivity contribution in [2.24, 2.45) is 0 Å². The Morgan fingerprint density at radius 1 is 1.50 bits per heavy atom. The first kappa shape index (κ1) is 12.8. The minimum Gasteiger partial charge on any atom is -0.491 e. The average molecular weight is 263 g/mol. The highest BCUT2D eigenvalue weighted by atomic mass is 35.7. The van der Waals surface area contributed by atoms with Gasteiger partial charge >= 0.3 is 0 Å². The zero-order chi connectivity index (χ0) is 12.2. The summed E-state index contributed by atoms with van der Waals surface area (Å²) >= 11 is 0. The Kier molecular flexibility index (Phi) is 4.16. The van der Waals surface area contributed by atoms with Crippen LogP contribution >= 0.6 is 10.7 Å². The number of benzene rings is 1. The van der Waals surface area contributed by atoms with Crippen LogP contribution in [0.2, 0.25) is 0 Å². The molecule has 0 aromatic heterocycles. The molecule has 1 aromatic carbocycles. The summed E-state index contributed by atoms with van der Waals surface area (Å²) in [7, 11) is 1.10. The lowest BCUT2D eigenvalue weighted by atomic mass is 10.3. The molecule has 0 aliphatic carbocycles. The third kappa shape index (κ3) is 3.40. The molecular weight excluding hydrogens is 255 g/mol. The van der Waals surface area contributed by atoms with Gasteiger partial charge in [0.15, 0.2) is 0 Å². The molecule has 3 nitrogen and oxygen atoms in total. The first-order chi connectivity index (χ1) is 7.45. The number of rotatable bonds is 4. The van der Waals surface area contributed by atoms with Crippen molar-refractivity contribution in [3.05, 3.63) is 24.0 Å². The van der Waals surface area contributed by atoms with Crippen LogP contribution in [0.25, 0.3) is 0 Å². The number of halogens is 2. The van der Waals surface area contributed by atoms with Crippen LogP contribution in [0.1, 0.15) is 6.42 Å². The molecule has 0 N–H and O–H groups in total. The van der Waals surface area contributed by atoms with Crippen molar-refractivity contribution in [3.63, 3.8) is 0 Å². The Morgan fingerprint density at radius 3 is 2.75 bits per heavy atom. The summed E-state index contributed by atoms with van der Waals surface area (Å²) in [5.41, 5.74) is 0. The van der Waals surface area contributed by atoms with E-state index in [1.807, 2.05) is 0 Å². The third-order valence-corrected chi connectivity index (χ3v) is 3.02. The van der Waals surface area contributed by atoms with Crippen molar-refractivity contribution >= 4 is 19.7 Å². The summed E-state index contributed by atoms with van der Waals surface area (Å²) in [6, 6.07) is 3.07. The fraction of sp³-hybridized carbons (Fsp3) is 0.200. The molecular formula is C10H8ClFO3S. The number of hydrogen-bond donors (Lipinski definition) is 0. The predicted octanol–water partition coefficient (Wildman–Crippen LogP) is 2.16. The van der Waals surface area contributed by atoms with Gasteiger partial charge in [0.25, 0.3) is 9.05 Å². The van der Waals surface area contributed by atoms with Crippen molar-refractivity contribution in [2.75, 3.05) is 6.61 Å². The lowest BCUT2D eigenvalue weighted by Gasteiger charge is -2.07. The molecule has 0 saturated carbocycles. The standard InChI is InChI=1S/C10H8ClFO3S/c1-2-3-6-15-9-5-4-8(12)7-10(9)16(11,13)14/h1,4-5,7H,3,6H2. The highest BCUT2D eigenvalue weighted by Crippen LogP contribution is 2.27. The van der Waals surface area contributed by atoms with Gasteiger partial charge in [-0.3, -0.25) is 0 Å². The van der Waals surface area contributed by atoms with Crippen LogP contribution in [0.4, 0.5) is 4.39 Å². The monoisotopic (exact) mass is 262 g/mol. The summed E-state index contributed by atoms with van der Waals surface area (Å²) < 4.78 is 40.2.